The lowest BCUT2D eigenvalue weighted by molar-refractivity contribution is -0.113. The fourth-order valence-corrected chi connectivity index (χ4v) is 3.42. The summed E-state index contributed by atoms with van der Waals surface area (Å²) in [5, 5.41) is 8.46. The van der Waals surface area contributed by atoms with Crippen molar-refractivity contribution < 1.29 is 14.3 Å². The molecular formula is C19H17N7O3S. The quantitative estimate of drug-likeness (QED) is 0.353. The van der Waals surface area contributed by atoms with Gasteiger partial charge in [0, 0.05) is 0 Å². The van der Waals surface area contributed by atoms with Gasteiger partial charge < -0.3 is 9.47 Å². The van der Waals surface area contributed by atoms with Gasteiger partial charge in [-0.05, 0) is 12.1 Å². The Balaban J connectivity index is 1.49. The van der Waals surface area contributed by atoms with Gasteiger partial charge in [-0.3, -0.25) is 10.1 Å². The zero-order chi connectivity index (χ0) is 20.9. The third kappa shape index (κ3) is 4.15. The van der Waals surface area contributed by atoms with E-state index in [0.717, 1.165) is 11.1 Å². The van der Waals surface area contributed by atoms with Crippen LogP contribution in [0.4, 0.5) is 5.95 Å². The van der Waals surface area contributed by atoms with Gasteiger partial charge >= 0.3 is 0 Å². The molecule has 0 saturated heterocycles. The highest BCUT2D eigenvalue weighted by atomic mass is 32.2. The summed E-state index contributed by atoms with van der Waals surface area (Å²) in [4.78, 5) is 29.2. The maximum absolute atomic E-state index is 12.4. The number of hydrogen-bond donors (Lipinski definition) is 1. The molecule has 10 nitrogen and oxygen atoms in total. The summed E-state index contributed by atoms with van der Waals surface area (Å²) in [6, 6.07) is 11.2. The standard InChI is InChI=1S/C19H17N7O3S/c1-28-15-8-16(29-2)25-19(24-15)23-14(27)10-30-18-13-9-22-26(17(13)20-11-21-18)12-6-4-3-5-7-12/h3-9,11H,10H2,1-2H3,(H,23,24,25,27). The number of carbonyl (C=O) groups excluding carboxylic acids is 1. The first-order chi connectivity index (χ1) is 14.7. The van der Waals surface area contributed by atoms with Gasteiger partial charge in [-0.25, -0.2) is 14.6 Å². The number of nitrogens with zero attached hydrogens (tertiary/aromatic N) is 6. The van der Waals surface area contributed by atoms with Crippen LogP contribution < -0.4 is 14.8 Å². The van der Waals surface area contributed by atoms with E-state index in [1.165, 1.54) is 38.4 Å². The molecule has 3 aromatic heterocycles. The highest BCUT2D eigenvalue weighted by Gasteiger charge is 2.14. The molecule has 1 aromatic carbocycles. The topological polar surface area (TPSA) is 117 Å². The first-order valence-electron chi connectivity index (χ1n) is 8.82. The predicted molar refractivity (Wildman–Crippen MR) is 111 cm³/mol. The summed E-state index contributed by atoms with van der Waals surface area (Å²) in [7, 11) is 2.94. The highest BCUT2D eigenvalue weighted by molar-refractivity contribution is 8.00. The highest BCUT2D eigenvalue weighted by Crippen LogP contribution is 2.26. The molecule has 0 spiro atoms. The second kappa shape index (κ2) is 8.74. The van der Waals surface area contributed by atoms with Gasteiger partial charge in [-0.1, -0.05) is 30.0 Å². The van der Waals surface area contributed by atoms with Crippen LogP contribution in [0.15, 0.2) is 53.9 Å². The van der Waals surface area contributed by atoms with E-state index in [0.29, 0.717) is 10.7 Å². The van der Waals surface area contributed by atoms with Crippen LogP contribution in [0.1, 0.15) is 0 Å². The van der Waals surface area contributed by atoms with Crippen LogP contribution in [0.25, 0.3) is 16.7 Å². The number of nitrogens with one attached hydrogen (secondary N) is 1. The number of fused-ring (bicyclic) bond motifs is 1. The van der Waals surface area contributed by atoms with Gasteiger partial charge in [0.05, 0.1) is 43.3 Å². The Hall–Kier alpha value is -3.73. The Morgan fingerprint density at radius 3 is 2.53 bits per heavy atom. The SMILES string of the molecule is COc1cc(OC)nc(NC(=O)CSc2ncnc3c2cnn3-c2ccccc2)n1. The van der Waals surface area contributed by atoms with Crippen molar-refractivity contribution >= 4 is 34.7 Å². The second-order valence-corrected chi connectivity index (χ2v) is 6.89. The van der Waals surface area contributed by atoms with Gasteiger partial charge in [0.1, 0.15) is 11.4 Å². The number of amides is 1. The van der Waals surface area contributed by atoms with Crippen LogP contribution in [0.3, 0.4) is 0 Å². The van der Waals surface area contributed by atoms with E-state index in [-0.39, 0.29) is 29.4 Å². The lowest BCUT2D eigenvalue weighted by atomic mass is 10.3. The lowest BCUT2D eigenvalue weighted by Crippen LogP contribution is -2.16. The van der Waals surface area contributed by atoms with Crippen molar-refractivity contribution in [2.45, 2.75) is 5.03 Å². The average Bonchev–Trinajstić information content (AvgIpc) is 3.22. The minimum Gasteiger partial charge on any atom is -0.481 e. The number of anilines is 1. The summed E-state index contributed by atoms with van der Waals surface area (Å²) in [5.74, 6) is 0.483. The Kier molecular flexibility index (Phi) is 5.70. The van der Waals surface area contributed by atoms with Crippen molar-refractivity contribution in [2.24, 2.45) is 0 Å². The van der Waals surface area contributed by atoms with Gasteiger partial charge in [0.2, 0.25) is 23.6 Å². The van der Waals surface area contributed by atoms with Gasteiger partial charge in [0.25, 0.3) is 0 Å². The van der Waals surface area contributed by atoms with Crippen molar-refractivity contribution in [2.75, 3.05) is 25.3 Å². The third-order valence-corrected chi connectivity index (χ3v) is 5.02. The smallest absolute Gasteiger partial charge is 0.237 e. The van der Waals surface area contributed by atoms with Crippen LogP contribution in [-0.2, 0) is 4.79 Å². The van der Waals surface area contributed by atoms with E-state index in [1.807, 2.05) is 30.3 Å². The van der Waals surface area contributed by atoms with Crippen molar-refractivity contribution in [1.82, 2.24) is 29.7 Å². The maximum atomic E-state index is 12.4. The van der Waals surface area contributed by atoms with Crippen LogP contribution in [0, 0.1) is 0 Å². The molecule has 152 valence electrons. The zero-order valence-electron chi connectivity index (χ0n) is 16.1. The third-order valence-electron chi connectivity index (χ3n) is 4.02. The van der Waals surface area contributed by atoms with Crippen LogP contribution in [0.5, 0.6) is 11.8 Å². The summed E-state index contributed by atoms with van der Waals surface area (Å²) in [5.41, 5.74) is 1.56. The first kappa shape index (κ1) is 19.6. The minimum absolute atomic E-state index is 0.0986. The van der Waals surface area contributed by atoms with E-state index in [4.69, 9.17) is 9.47 Å². The van der Waals surface area contributed by atoms with Crippen molar-refractivity contribution in [3.8, 4) is 17.4 Å². The van der Waals surface area contributed by atoms with Gasteiger partial charge in [-0.15, -0.1) is 0 Å². The first-order valence-corrected chi connectivity index (χ1v) is 9.80. The van der Waals surface area contributed by atoms with Gasteiger partial charge in [-0.2, -0.15) is 15.1 Å². The fraction of sp³-hybridized carbons (Fsp3) is 0.158. The molecule has 0 fully saturated rings. The number of thioether (sulfide) groups is 1. The van der Waals surface area contributed by atoms with Crippen molar-refractivity contribution in [3.63, 3.8) is 0 Å². The summed E-state index contributed by atoms with van der Waals surface area (Å²) >= 11 is 1.27. The molecule has 0 aliphatic heterocycles. The number of para-hydroxylation sites is 1. The average molecular weight is 423 g/mol. The molecule has 0 aliphatic carbocycles. The molecule has 4 aromatic rings. The van der Waals surface area contributed by atoms with Crippen LogP contribution in [0.2, 0.25) is 0 Å². The van der Waals surface area contributed by atoms with E-state index >= 15 is 0 Å². The van der Waals surface area contributed by atoms with E-state index in [9.17, 15) is 4.79 Å². The molecule has 1 amide bonds. The number of rotatable bonds is 7. The number of aromatic nitrogens is 6. The maximum Gasteiger partial charge on any atom is 0.237 e. The summed E-state index contributed by atoms with van der Waals surface area (Å²) in [6.45, 7) is 0. The molecule has 0 atom stereocenters. The Labute approximate surface area is 175 Å². The molecular weight excluding hydrogens is 406 g/mol. The zero-order valence-corrected chi connectivity index (χ0v) is 17.0. The molecule has 0 saturated carbocycles. The number of ether oxygens (including phenoxy) is 2. The summed E-state index contributed by atoms with van der Waals surface area (Å²) in [6.07, 6.45) is 3.15. The summed E-state index contributed by atoms with van der Waals surface area (Å²) < 4.78 is 11.9. The second-order valence-electron chi connectivity index (χ2n) is 5.92. The van der Waals surface area contributed by atoms with Gasteiger partial charge in [0.15, 0.2) is 5.65 Å². The van der Waals surface area contributed by atoms with E-state index in [2.05, 4.69) is 30.4 Å². The van der Waals surface area contributed by atoms with E-state index in [1.54, 1.807) is 10.9 Å². The molecule has 0 aliphatic rings. The Bertz CT molecular complexity index is 1160. The monoisotopic (exact) mass is 423 g/mol. The number of hydrogen-bond acceptors (Lipinski definition) is 9. The largest absolute Gasteiger partial charge is 0.481 e. The lowest BCUT2D eigenvalue weighted by Gasteiger charge is -2.07. The fourth-order valence-electron chi connectivity index (χ4n) is 2.66. The van der Waals surface area contributed by atoms with Crippen LogP contribution in [-0.4, -0.2) is 55.6 Å². The minimum atomic E-state index is -0.294. The molecule has 3 heterocycles. The Morgan fingerprint density at radius 1 is 1.10 bits per heavy atom. The number of methoxy groups -OCH3 is 2. The van der Waals surface area contributed by atoms with Crippen molar-refractivity contribution in [1.29, 1.82) is 0 Å². The molecule has 30 heavy (non-hydrogen) atoms. The molecule has 4 rings (SSSR count). The number of benzene rings is 1. The molecule has 0 unspecified atom stereocenters. The normalized spacial score (nSPS) is 10.7. The molecule has 0 radical (unpaired) electrons. The van der Waals surface area contributed by atoms with Crippen molar-refractivity contribution in [3.05, 3.63) is 48.9 Å². The molecule has 1 N–H and O–H groups in total. The predicted octanol–water partition coefficient (Wildman–Crippen LogP) is 2.35. The molecule has 11 heteroatoms. The number of carbonyl (C=O) groups is 1. The van der Waals surface area contributed by atoms with Crippen LogP contribution >= 0.6 is 11.8 Å². The Morgan fingerprint density at radius 2 is 1.83 bits per heavy atom. The van der Waals surface area contributed by atoms with E-state index < -0.39 is 0 Å². The molecule has 0 bridgehead atoms.